The van der Waals surface area contributed by atoms with Gasteiger partial charge in [-0.15, -0.1) is 11.6 Å². The minimum Gasteiger partial charge on any atom is -0.486 e. The number of alkyl halides is 1. The molecule has 0 spiro atoms. The van der Waals surface area contributed by atoms with E-state index in [2.05, 4.69) is 5.32 Å². The lowest BCUT2D eigenvalue weighted by Crippen LogP contribution is -2.31. The number of fused-ring (bicyclic) bond motifs is 1. The highest BCUT2D eigenvalue weighted by Gasteiger charge is 2.42. The maximum absolute atomic E-state index is 12.3. The van der Waals surface area contributed by atoms with Crippen LogP contribution in [0, 0.1) is 5.41 Å². The van der Waals surface area contributed by atoms with E-state index in [1.807, 2.05) is 12.1 Å². The molecular weight excluding hydrogens is 278 g/mol. The van der Waals surface area contributed by atoms with Crippen molar-refractivity contribution in [2.45, 2.75) is 19.3 Å². The van der Waals surface area contributed by atoms with Crippen LogP contribution in [0.4, 0.5) is 0 Å². The van der Waals surface area contributed by atoms with Crippen LogP contribution in [0.3, 0.4) is 0 Å². The minimum atomic E-state index is -0.104. The molecule has 1 aromatic rings. The molecule has 20 heavy (non-hydrogen) atoms. The summed E-state index contributed by atoms with van der Waals surface area (Å²) in [5.74, 6) is 1.74. The Hall–Kier alpha value is -1.42. The van der Waals surface area contributed by atoms with Gasteiger partial charge >= 0.3 is 0 Å². The van der Waals surface area contributed by atoms with Crippen LogP contribution in [0.1, 0.15) is 29.6 Å². The number of hydrogen-bond acceptors (Lipinski definition) is 3. The summed E-state index contributed by atoms with van der Waals surface area (Å²) in [6.07, 6.45) is 3.25. The smallest absolute Gasteiger partial charge is 0.255 e. The van der Waals surface area contributed by atoms with Gasteiger partial charge in [-0.1, -0.05) is 6.07 Å². The van der Waals surface area contributed by atoms with Crippen molar-refractivity contribution in [3.05, 3.63) is 23.8 Å². The predicted octanol–water partition coefficient (Wildman–Crippen LogP) is 2.60. The Balaban J connectivity index is 1.68. The standard InChI is InChI=1S/C15H18ClNO3/c16-7-6-15(4-5-15)10-17-14(18)11-2-1-3-12-13(11)20-9-8-19-12/h1-3H,4-10H2,(H,17,18). The van der Waals surface area contributed by atoms with E-state index in [-0.39, 0.29) is 11.3 Å². The number of carbonyl (C=O) groups excluding carboxylic acids is 1. The molecule has 0 unspecified atom stereocenters. The first kappa shape index (κ1) is 13.6. The number of nitrogens with one attached hydrogen (secondary N) is 1. The van der Waals surface area contributed by atoms with Gasteiger partial charge in [0.1, 0.15) is 13.2 Å². The van der Waals surface area contributed by atoms with E-state index in [0.29, 0.717) is 42.7 Å². The number of carbonyl (C=O) groups is 1. The molecule has 0 atom stereocenters. The van der Waals surface area contributed by atoms with Crippen LogP contribution < -0.4 is 14.8 Å². The molecular formula is C15H18ClNO3. The van der Waals surface area contributed by atoms with Crippen molar-refractivity contribution in [2.75, 3.05) is 25.6 Å². The Bertz CT molecular complexity index is 514. The molecule has 1 saturated carbocycles. The molecule has 108 valence electrons. The number of hydrogen-bond donors (Lipinski definition) is 1. The van der Waals surface area contributed by atoms with E-state index in [4.69, 9.17) is 21.1 Å². The van der Waals surface area contributed by atoms with Gasteiger partial charge in [0.25, 0.3) is 5.91 Å². The van der Waals surface area contributed by atoms with Crippen LogP contribution >= 0.6 is 11.6 Å². The topological polar surface area (TPSA) is 47.6 Å². The van der Waals surface area contributed by atoms with Crippen molar-refractivity contribution in [1.82, 2.24) is 5.32 Å². The molecule has 1 heterocycles. The first-order valence-corrected chi connectivity index (χ1v) is 7.50. The van der Waals surface area contributed by atoms with Crippen molar-refractivity contribution in [1.29, 1.82) is 0 Å². The van der Waals surface area contributed by atoms with Crippen molar-refractivity contribution in [2.24, 2.45) is 5.41 Å². The molecule has 2 aliphatic rings. The van der Waals surface area contributed by atoms with E-state index >= 15 is 0 Å². The maximum atomic E-state index is 12.3. The number of rotatable bonds is 5. The Labute approximate surface area is 123 Å². The first-order valence-electron chi connectivity index (χ1n) is 6.97. The first-order chi connectivity index (χ1) is 9.74. The number of amides is 1. The third-order valence-electron chi connectivity index (χ3n) is 4.02. The second kappa shape index (κ2) is 5.52. The zero-order valence-electron chi connectivity index (χ0n) is 11.3. The van der Waals surface area contributed by atoms with Gasteiger partial charge in [0.05, 0.1) is 5.56 Å². The van der Waals surface area contributed by atoms with Gasteiger partial charge in [-0.2, -0.15) is 0 Å². The number of ether oxygens (including phenoxy) is 2. The molecule has 0 radical (unpaired) electrons. The van der Waals surface area contributed by atoms with Gasteiger partial charge in [0, 0.05) is 12.4 Å². The largest absolute Gasteiger partial charge is 0.486 e. The van der Waals surface area contributed by atoms with E-state index in [9.17, 15) is 4.79 Å². The van der Waals surface area contributed by atoms with Gasteiger partial charge in [-0.05, 0) is 36.8 Å². The fourth-order valence-electron chi connectivity index (χ4n) is 2.51. The van der Waals surface area contributed by atoms with Crippen LogP contribution in [0.15, 0.2) is 18.2 Å². The Morgan fingerprint density at radius 1 is 1.30 bits per heavy atom. The average Bonchev–Trinajstić information content (AvgIpc) is 3.25. The molecule has 5 heteroatoms. The van der Waals surface area contributed by atoms with Crippen molar-refractivity contribution in [3.63, 3.8) is 0 Å². The third kappa shape index (κ3) is 2.70. The van der Waals surface area contributed by atoms with Gasteiger partial charge in [0.15, 0.2) is 11.5 Å². The summed E-state index contributed by atoms with van der Waals surface area (Å²) < 4.78 is 11.1. The van der Waals surface area contributed by atoms with Crippen LogP contribution in [0.5, 0.6) is 11.5 Å². The molecule has 1 N–H and O–H groups in total. The third-order valence-corrected chi connectivity index (χ3v) is 4.21. The molecule has 3 rings (SSSR count). The van der Waals surface area contributed by atoms with Crippen LogP contribution in [0.2, 0.25) is 0 Å². The summed E-state index contributed by atoms with van der Waals surface area (Å²) in [5.41, 5.74) is 0.771. The second-order valence-electron chi connectivity index (χ2n) is 5.45. The molecule has 4 nitrogen and oxygen atoms in total. The lowest BCUT2D eigenvalue weighted by molar-refractivity contribution is 0.0933. The van der Waals surface area contributed by atoms with E-state index in [0.717, 1.165) is 19.3 Å². The fourth-order valence-corrected chi connectivity index (χ4v) is 2.91. The number of halogens is 1. The highest BCUT2D eigenvalue weighted by atomic mass is 35.5. The summed E-state index contributed by atoms with van der Waals surface area (Å²) in [6, 6.07) is 5.40. The van der Waals surface area contributed by atoms with E-state index in [1.165, 1.54) is 0 Å². The van der Waals surface area contributed by atoms with E-state index < -0.39 is 0 Å². The number of benzene rings is 1. The Kier molecular flexibility index (Phi) is 3.74. The quantitative estimate of drug-likeness (QED) is 0.850. The fraction of sp³-hybridized carbons (Fsp3) is 0.533. The maximum Gasteiger partial charge on any atom is 0.255 e. The molecule has 1 aliphatic heterocycles. The number of para-hydroxylation sites is 1. The van der Waals surface area contributed by atoms with Gasteiger partial charge < -0.3 is 14.8 Å². The molecule has 1 fully saturated rings. The molecule has 0 bridgehead atoms. The lowest BCUT2D eigenvalue weighted by atomic mass is 10.0. The minimum absolute atomic E-state index is 0.104. The predicted molar refractivity (Wildman–Crippen MR) is 76.8 cm³/mol. The summed E-state index contributed by atoms with van der Waals surface area (Å²) in [6.45, 7) is 1.69. The zero-order valence-corrected chi connectivity index (χ0v) is 12.0. The molecule has 1 amide bonds. The summed E-state index contributed by atoms with van der Waals surface area (Å²) in [4.78, 5) is 12.3. The van der Waals surface area contributed by atoms with Crippen LogP contribution in [-0.4, -0.2) is 31.5 Å². The highest BCUT2D eigenvalue weighted by Crippen LogP contribution is 2.48. The zero-order chi connectivity index (χ0) is 14.0. The summed E-state index contributed by atoms with van der Waals surface area (Å²) in [7, 11) is 0. The van der Waals surface area contributed by atoms with Crippen molar-refractivity contribution in [3.8, 4) is 11.5 Å². The highest BCUT2D eigenvalue weighted by molar-refractivity contribution is 6.17. The summed E-state index contributed by atoms with van der Waals surface area (Å²) in [5, 5.41) is 3.00. The Morgan fingerprint density at radius 3 is 2.85 bits per heavy atom. The monoisotopic (exact) mass is 295 g/mol. The van der Waals surface area contributed by atoms with Gasteiger partial charge in [0.2, 0.25) is 0 Å². The SMILES string of the molecule is O=C(NCC1(CCCl)CC1)c1cccc2c1OCCO2. The lowest BCUT2D eigenvalue weighted by Gasteiger charge is -2.21. The molecule has 0 aromatic heterocycles. The van der Waals surface area contributed by atoms with Crippen LogP contribution in [-0.2, 0) is 0 Å². The van der Waals surface area contributed by atoms with Crippen molar-refractivity contribution < 1.29 is 14.3 Å². The average molecular weight is 296 g/mol. The normalized spacial score (nSPS) is 18.4. The van der Waals surface area contributed by atoms with E-state index in [1.54, 1.807) is 6.07 Å². The second-order valence-corrected chi connectivity index (χ2v) is 5.83. The summed E-state index contributed by atoms with van der Waals surface area (Å²) >= 11 is 5.80. The molecule has 1 aromatic carbocycles. The van der Waals surface area contributed by atoms with Gasteiger partial charge in [-0.3, -0.25) is 4.79 Å². The molecule has 1 aliphatic carbocycles. The molecule has 0 saturated heterocycles. The van der Waals surface area contributed by atoms with Crippen LogP contribution in [0.25, 0.3) is 0 Å². The Morgan fingerprint density at radius 2 is 2.10 bits per heavy atom. The van der Waals surface area contributed by atoms with Crippen molar-refractivity contribution >= 4 is 17.5 Å². The van der Waals surface area contributed by atoms with Gasteiger partial charge in [-0.25, -0.2) is 0 Å².